The molecule has 0 amide bonds. The lowest BCUT2D eigenvalue weighted by molar-refractivity contribution is -0.137. The average molecular weight is 514 g/mol. The van der Waals surface area contributed by atoms with E-state index in [2.05, 4.69) is 5.32 Å². The number of alkyl halides is 3. The molecule has 1 heterocycles. The van der Waals surface area contributed by atoms with Crippen LogP contribution in [-0.2, 0) is 12.7 Å². The lowest BCUT2D eigenvalue weighted by atomic mass is 9.95. The summed E-state index contributed by atoms with van der Waals surface area (Å²) in [5, 5.41) is 21.9. The van der Waals surface area contributed by atoms with Crippen LogP contribution in [0.5, 0.6) is 11.5 Å². The maximum Gasteiger partial charge on any atom is 0.416 e. The van der Waals surface area contributed by atoms with Crippen LogP contribution in [0.3, 0.4) is 0 Å². The Morgan fingerprint density at radius 3 is 2.30 bits per heavy atom. The van der Waals surface area contributed by atoms with Crippen molar-refractivity contribution in [3.05, 3.63) is 82.4 Å². The smallest absolute Gasteiger partial charge is 0.416 e. The molecule has 0 aromatic heterocycles. The Labute approximate surface area is 214 Å². The molecule has 0 bridgehead atoms. The van der Waals surface area contributed by atoms with E-state index in [1.165, 1.54) is 18.2 Å². The van der Waals surface area contributed by atoms with Gasteiger partial charge in [0.05, 0.1) is 24.3 Å². The molecule has 0 saturated carbocycles. The van der Waals surface area contributed by atoms with Gasteiger partial charge < -0.3 is 25.0 Å². The summed E-state index contributed by atoms with van der Waals surface area (Å²) in [6, 6.07) is 15.3. The molecule has 4 rings (SSSR count). The number of fused-ring (bicyclic) bond motifs is 1. The Balaban J connectivity index is 1.65. The molecule has 1 aliphatic rings. The molecular weight excluding hydrogens is 483 g/mol. The zero-order valence-electron chi connectivity index (χ0n) is 20.7. The van der Waals surface area contributed by atoms with Crippen molar-refractivity contribution in [2.75, 3.05) is 26.4 Å². The number of ether oxygens (including phenoxy) is 2. The first-order chi connectivity index (χ1) is 17.6. The molecule has 1 aliphatic heterocycles. The van der Waals surface area contributed by atoms with E-state index in [1.807, 2.05) is 43.3 Å². The molecular formula is C29H30F3NO4. The fourth-order valence-corrected chi connectivity index (χ4v) is 4.13. The number of hydrogen-bond donors (Lipinski definition) is 3. The van der Waals surface area contributed by atoms with E-state index in [0.29, 0.717) is 30.3 Å². The lowest BCUT2D eigenvalue weighted by Gasteiger charge is -2.26. The Morgan fingerprint density at radius 1 is 0.892 bits per heavy atom. The van der Waals surface area contributed by atoms with Gasteiger partial charge >= 0.3 is 6.18 Å². The monoisotopic (exact) mass is 513 g/mol. The summed E-state index contributed by atoms with van der Waals surface area (Å²) in [4.78, 5) is 0. The van der Waals surface area contributed by atoms with Crippen LogP contribution in [-0.4, -0.2) is 42.2 Å². The van der Waals surface area contributed by atoms with Crippen molar-refractivity contribution in [1.29, 1.82) is 0 Å². The zero-order valence-corrected chi connectivity index (χ0v) is 20.7. The van der Waals surface area contributed by atoms with Gasteiger partial charge in [0.1, 0.15) is 13.2 Å². The number of hydrogen-bond acceptors (Lipinski definition) is 5. The quantitative estimate of drug-likeness (QED) is 0.349. The van der Waals surface area contributed by atoms with Gasteiger partial charge in [0.15, 0.2) is 11.5 Å². The molecule has 0 unspecified atom stereocenters. The van der Waals surface area contributed by atoms with Crippen LogP contribution in [0.1, 0.15) is 34.7 Å². The molecule has 8 heteroatoms. The summed E-state index contributed by atoms with van der Waals surface area (Å²) in [6.45, 7) is 4.12. The van der Waals surface area contributed by atoms with Crippen LogP contribution in [0, 0.1) is 6.92 Å². The van der Waals surface area contributed by atoms with Gasteiger partial charge in [-0.25, -0.2) is 0 Å². The molecule has 0 fully saturated rings. The molecule has 3 aromatic rings. The summed E-state index contributed by atoms with van der Waals surface area (Å²) < 4.78 is 52.6. The summed E-state index contributed by atoms with van der Waals surface area (Å²) in [7, 11) is 0. The zero-order chi connectivity index (χ0) is 26.6. The lowest BCUT2D eigenvalue weighted by Crippen LogP contribution is -2.48. The van der Waals surface area contributed by atoms with Crippen molar-refractivity contribution in [1.82, 2.24) is 5.32 Å². The highest BCUT2D eigenvalue weighted by Gasteiger charge is 2.33. The van der Waals surface area contributed by atoms with E-state index in [-0.39, 0.29) is 25.3 Å². The van der Waals surface area contributed by atoms with Gasteiger partial charge in [0.2, 0.25) is 0 Å². The number of benzene rings is 3. The molecule has 0 spiro atoms. The third-order valence-electron chi connectivity index (χ3n) is 6.51. The Bertz CT molecular complexity index is 1280. The van der Waals surface area contributed by atoms with E-state index in [4.69, 9.17) is 9.47 Å². The topological polar surface area (TPSA) is 71.0 Å². The van der Waals surface area contributed by atoms with E-state index in [1.54, 1.807) is 13.0 Å². The molecule has 0 aliphatic carbocycles. The van der Waals surface area contributed by atoms with Gasteiger partial charge in [-0.1, -0.05) is 42.5 Å². The largest absolute Gasteiger partial charge is 0.486 e. The number of halogens is 3. The number of aliphatic hydroxyl groups excluding tert-OH is 2. The second kappa shape index (κ2) is 11.0. The van der Waals surface area contributed by atoms with Crippen LogP contribution >= 0.6 is 0 Å². The van der Waals surface area contributed by atoms with Crippen LogP contribution < -0.4 is 14.8 Å². The van der Waals surface area contributed by atoms with Gasteiger partial charge in [-0.3, -0.25) is 0 Å². The van der Waals surface area contributed by atoms with Gasteiger partial charge in [-0.2, -0.15) is 13.2 Å². The molecule has 37 heavy (non-hydrogen) atoms. The maximum atomic E-state index is 13.8. The maximum absolute atomic E-state index is 13.8. The van der Waals surface area contributed by atoms with E-state index in [9.17, 15) is 23.4 Å². The van der Waals surface area contributed by atoms with Crippen molar-refractivity contribution in [3.8, 4) is 22.6 Å². The van der Waals surface area contributed by atoms with Crippen molar-refractivity contribution < 1.29 is 32.9 Å². The van der Waals surface area contributed by atoms with Gasteiger partial charge in [-0.15, -0.1) is 0 Å². The molecule has 0 atom stereocenters. The summed E-state index contributed by atoms with van der Waals surface area (Å²) in [5.41, 5.74) is 2.54. The summed E-state index contributed by atoms with van der Waals surface area (Å²) in [5.74, 6) is 1.36. The predicted molar refractivity (Wildman–Crippen MR) is 137 cm³/mol. The van der Waals surface area contributed by atoms with Crippen LogP contribution in [0.2, 0.25) is 0 Å². The minimum absolute atomic E-state index is 0.0330. The summed E-state index contributed by atoms with van der Waals surface area (Å²) >= 11 is 0. The SMILES string of the molecule is Cc1c(/C=C/c2cc(CNC(C)(CO)CO)ccc2C(F)(F)F)cccc1-c1ccc2c(c1)OCCO2. The molecule has 196 valence electrons. The normalized spacial score (nSPS) is 13.8. The van der Waals surface area contributed by atoms with E-state index >= 15 is 0 Å². The number of nitrogens with one attached hydrogen (secondary N) is 1. The third-order valence-corrected chi connectivity index (χ3v) is 6.51. The van der Waals surface area contributed by atoms with Crippen LogP contribution in [0.25, 0.3) is 23.3 Å². The number of rotatable bonds is 8. The van der Waals surface area contributed by atoms with E-state index in [0.717, 1.165) is 28.3 Å². The molecule has 3 N–H and O–H groups in total. The molecule has 5 nitrogen and oxygen atoms in total. The minimum Gasteiger partial charge on any atom is -0.486 e. The molecule has 0 radical (unpaired) electrons. The first-order valence-electron chi connectivity index (χ1n) is 12.0. The first-order valence-corrected chi connectivity index (χ1v) is 12.0. The van der Waals surface area contributed by atoms with Crippen LogP contribution in [0.15, 0.2) is 54.6 Å². The highest BCUT2D eigenvalue weighted by Crippen LogP contribution is 2.37. The Hall–Kier alpha value is -3.33. The highest BCUT2D eigenvalue weighted by molar-refractivity contribution is 5.79. The summed E-state index contributed by atoms with van der Waals surface area (Å²) in [6.07, 6.45) is -1.36. The van der Waals surface area contributed by atoms with Crippen molar-refractivity contribution in [3.63, 3.8) is 0 Å². The van der Waals surface area contributed by atoms with Crippen LogP contribution in [0.4, 0.5) is 13.2 Å². The van der Waals surface area contributed by atoms with Gasteiger partial charge in [-0.05, 0) is 71.5 Å². The molecule has 0 saturated heterocycles. The molecule has 3 aromatic carbocycles. The number of aliphatic hydroxyl groups is 2. The second-order valence-corrected chi connectivity index (χ2v) is 9.36. The predicted octanol–water partition coefficient (Wildman–Crippen LogP) is 5.46. The van der Waals surface area contributed by atoms with Crippen molar-refractivity contribution in [2.24, 2.45) is 0 Å². The van der Waals surface area contributed by atoms with Crippen molar-refractivity contribution >= 4 is 12.2 Å². The Kier molecular flexibility index (Phi) is 7.92. The fourth-order valence-electron chi connectivity index (χ4n) is 4.13. The first kappa shape index (κ1) is 26.7. The van der Waals surface area contributed by atoms with Crippen molar-refractivity contribution in [2.45, 2.75) is 32.1 Å². The van der Waals surface area contributed by atoms with E-state index < -0.39 is 17.3 Å². The highest BCUT2D eigenvalue weighted by atomic mass is 19.4. The fraction of sp³-hybridized carbons (Fsp3) is 0.310. The standard InChI is InChI=1S/C29H30F3NO4/c1-19-21(4-3-5-24(19)22-9-11-26-27(15-22)37-13-12-36-26)7-8-23-14-20(6-10-25(23)29(30,31)32)16-33-28(2,17-34)18-35/h3-11,14-15,33-35H,12-13,16-18H2,1-2H3/b8-7+. The van der Waals surface area contributed by atoms with Gasteiger partial charge in [0, 0.05) is 6.54 Å². The Morgan fingerprint density at radius 2 is 1.59 bits per heavy atom. The average Bonchev–Trinajstić information content (AvgIpc) is 2.90. The second-order valence-electron chi connectivity index (χ2n) is 9.36. The minimum atomic E-state index is -4.52. The van der Waals surface area contributed by atoms with Gasteiger partial charge in [0.25, 0.3) is 0 Å². The third kappa shape index (κ3) is 6.15.